The van der Waals surface area contributed by atoms with Gasteiger partial charge in [0, 0.05) is 18.8 Å². The molecule has 0 amide bonds. The van der Waals surface area contributed by atoms with Crippen LogP contribution < -0.4 is 10.5 Å². The second-order valence-electron chi connectivity index (χ2n) is 5.66. The van der Waals surface area contributed by atoms with Gasteiger partial charge >= 0.3 is 0 Å². The number of hydrogen-bond acceptors (Lipinski definition) is 2. The topological polar surface area (TPSA) is 25.2 Å². The minimum Gasteiger partial charge on any atom is -0.404 e. The molecular weight excluding hydrogens is 531 g/mol. The second-order valence-corrected chi connectivity index (χ2v) is 5.66. The molecule has 0 spiro atoms. The summed E-state index contributed by atoms with van der Waals surface area (Å²) in [5, 5.41) is 1.09. The molecule has 1 fully saturated rings. The van der Waals surface area contributed by atoms with E-state index in [9.17, 15) is 4.79 Å². The molecule has 1 saturated heterocycles. The minimum atomic E-state index is -0.0909. The van der Waals surface area contributed by atoms with Gasteiger partial charge in [0.1, 0.15) is 0 Å². The number of para-hydroxylation sites is 2. The van der Waals surface area contributed by atoms with Gasteiger partial charge in [-0.3, -0.25) is 4.79 Å². The molecule has 0 N–H and O–H groups in total. The van der Waals surface area contributed by atoms with Crippen molar-refractivity contribution in [1.29, 1.82) is 0 Å². The van der Waals surface area contributed by atoms with Crippen LogP contribution in [0, 0.1) is 6.07 Å². The molecule has 124 valence electrons. The third-order valence-corrected chi connectivity index (χ3v) is 4.27. The van der Waals surface area contributed by atoms with Gasteiger partial charge in [-0.1, -0.05) is 36.4 Å². The van der Waals surface area contributed by atoms with Crippen molar-refractivity contribution >= 4 is 16.6 Å². The van der Waals surface area contributed by atoms with E-state index in [1.165, 1.54) is 12.8 Å². The van der Waals surface area contributed by atoms with Crippen molar-refractivity contribution < 1.29 is 0 Å². The van der Waals surface area contributed by atoms with Crippen LogP contribution >= 0.6 is 0 Å². The van der Waals surface area contributed by atoms with Crippen LogP contribution in [0.1, 0.15) is 12.8 Å². The molecule has 0 aliphatic carbocycles. The monoisotopic (exact) mass is 548 g/mol. The number of hydrogen-bond donors (Lipinski definition) is 0. The smallest absolute Gasteiger partial charge is 0.165 e. The fraction of sp³-hybridized carbons (Fsp3) is 0.211. The maximum Gasteiger partial charge on any atom is 0.165 e. The van der Waals surface area contributed by atoms with Gasteiger partial charge in [0.15, 0.2) is 5.56 Å². The first-order chi connectivity index (χ1) is 10.8. The van der Waals surface area contributed by atoms with Crippen LogP contribution in [0.5, 0.6) is 0 Å². The molecule has 2 heterocycles. The zero-order valence-corrected chi connectivity index (χ0v) is 14.8. The molecule has 0 saturated carbocycles. The summed E-state index contributed by atoms with van der Waals surface area (Å²) in [5.41, 5.74) is 2.68. The summed E-state index contributed by atoms with van der Waals surface area (Å²) in [4.78, 5) is 15.0. The predicted octanol–water partition coefficient (Wildman–Crippen LogP) is 3.39. The third-order valence-electron chi connectivity index (χ3n) is 4.27. The number of fused-ring (bicyclic) bond motifs is 1. The fourth-order valence-corrected chi connectivity index (χ4v) is 3.23. The molecule has 2 aromatic carbocycles. The minimum absolute atomic E-state index is 0. The van der Waals surface area contributed by atoms with Crippen LogP contribution in [-0.2, 0) is 0 Å². The number of rotatable bonds is 2. The summed E-state index contributed by atoms with van der Waals surface area (Å²) in [6.07, 6.45) is 2.37. The Kier molecular flexibility index (Phi) is 3.55. The third kappa shape index (κ3) is 2.31. The molecule has 3 nitrogen and oxygen atoms in total. The zero-order valence-electron chi connectivity index (χ0n) is 12.6. The molecule has 0 radical (unpaired) electrons. The summed E-state index contributed by atoms with van der Waals surface area (Å²) in [6.45, 7) is 2.02. The Morgan fingerprint density at radius 2 is 1.52 bits per heavy atom. The van der Waals surface area contributed by atoms with E-state index in [0.717, 1.165) is 35.4 Å². The maximum absolute atomic E-state index is 12.7. The first-order valence-electron chi connectivity index (χ1n) is 7.72. The number of nitrogens with zero attached hydrogens (tertiary/aromatic N) is 2. The molecule has 1 aliphatic heterocycles. The average molecular weight is 548 g/mol. The van der Waals surface area contributed by atoms with E-state index in [1.807, 2.05) is 48.5 Å². The first-order valence-corrected chi connectivity index (χ1v) is 7.72. The van der Waals surface area contributed by atoms with E-state index < -0.39 is 0 Å². The molecule has 0 bridgehead atoms. The molecule has 1 aromatic heterocycles. The van der Waals surface area contributed by atoms with Crippen LogP contribution in [0.4, 0.5) is 5.69 Å². The van der Waals surface area contributed by atoms with Gasteiger partial charge in [-0.25, -0.2) is 0 Å². The van der Waals surface area contributed by atoms with E-state index in [1.54, 1.807) is 4.57 Å². The van der Waals surface area contributed by atoms with Crippen LogP contribution in [0.3, 0.4) is 0 Å². The van der Waals surface area contributed by atoms with Gasteiger partial charge in [0.2, 0.25) is 0 Å². The molecule has 23 heavy (non-hydrogen) atoms. The molecule has 0 atom stereocenters. The van der Waals surface area contributed by atoms with E-state index >= 15 is 0 Å². The predicted molar refractivity (Wildman–Crippen MR) is 89.8 cm³/mol. The van der Waals surface area contributed by atoms with Crippen molar-refractivity contribution in [1.82, 2.24) is 4.57 Å². The Bertz CT molecular complexity index is 867. The normalized spacial score (nSPS) is 14.0. The number of benzene rings is 2. The quantitative estimate of drug-likeness (QED) is 0.459. The maximum atomic E-state index is 12.7. The van der Waals surface area contributed by atoms with Gasteiger partial charge in [-0.05, 0) is 30.5 Å². The van der Waals surface area contributed by atoms with Crippen molar-refractivity contribution in [3.63, 3.8) is 0 Å². The molecule has 4 heteroatoms. The van der Waals surface area contributed by atoms with Gasteiger partial charge in [0.05, 0.1) is 0 Å². The average Bonchev–Trinajstić information content (AvgIpc) is 3.09. The SMILES string of the molecule is O=c1[c-]c(N2CCCC2)c2ccccc2n1-c1ccccc1.[No]. The molecule has 4 rings (SSSR count). The summed E-state index contributed by atoms with van der Waals surface area (Å²) < 4.78 is 1.74. The summed E-state index contributed by atoms with van der Waals surface area (Å²) in [6, 6.07) is 21.0. The van der Waals surface area contributed by atoms with Gasteiger partial charge < -0.3 is 9.47 Å². The summed E-state index contributed by atoms with van der Waals surface area (Å²) >= 11 is 0. The largest absolute Gasteiger partial charge is 0.404 e. The van der Waals surface area contributed by atoms with Crippen molar-refractivity contribution in [3.05, 3.63) is 71.0 Å². The van der Waals surface area contributed by atoms with Crippen molar-refractivity contribution in [2.24, 2.45) is 0 Å². The Balaban J connectivity index is 0.00000156. The Labute approximate surface area is 129 Å². The number of anilines is 1. The van der Waals surface area contributed by atoms with Crippen molar-refractivity contribution in [2.45, 2.75) is 12.8 Å². The van der Waals surface area contributed by atoms with E-state index in [4.69, 9.17) is 0 Å². The van der Waals surface area contributed by atoms with Crippen LogP contribution in [-0.4, -0.2) is 17.7 Å². The Hall–Kier alpha value is -3.55. The van der Waals surface area contributed by atoms with Crippen molar-refractivity contribution in [2.75, 3.05) is 18.0 Å². The van der Waals surface area contributed by atoms with E-state index in [-0.39, 0.29) is 5.56 Å². The van der Waals surface area contributed by atoms with E-state index in [2.05, 4.69) is 17.0 Å². The van der Waals surface area contributed by atoms with E-state index in [0.29, 0.717) is 0 Å². The second kappa shape index (κ2) is 5.68. The molecular formula is C19H17N2NoO-. The zero-order chi connectivity index (χ0) is 14.9. The van der Waals surface area contributed by atoms with Crippen LogP contribution in [0.25, 0.3) is 16.6 Å². The molecule has 1 aliphatic rings. The molecule has 0 unspecified atom stereocenters. The standard InChI is InChI=1S/C19H17N2O.No/c22-19-14-18(20-12-6-7-13-20)16-10-4-5-11-17(16)21(19)15-8-2-1-3-9-15;/h1-5,8-11H,6-7,12-13H2;/q-1;. The van der Waals surface area contributed by atoms with Gasteiger partial charge in [0.25, 0.3) is 0 Å². The fourth-order valence-electron chi connectivity index (χ4n) is 3.23. The summed E-state index contributed by atoms with van der Waals surface area (Å²) in [7, 11) is 0. The van der Waals surface area contributed by atoms with Crippen LogP contribution in [0.2, 0.25) is 0 Å². The summed E-state index contributed by atoms with van der Waals surface area (Å²) in [5.74, 6) is 0. The number of aromatic nitrogens is 1. The van der Waals surface area contributed by atoms with Crippen LogP contribution in [0.15, 0.2) is 59.4 Å². The number of pyridine rings is 1. The van der Waals surface area contributed by atoms with Gasteiger partial charge in [-0.15, -0.1) is 17.1 Å². The van der Waals surface area contributed by atoms with Crippen molar-refractivity contribution in [3.8, 4) is 5.69 Å². The first kappa shape index (κ1) is 14.4. The Morgan fingerprint density at radius 1 is 0.870 bits per heavy atom. The Morgan fingerprint density at radius 3 is 2.26 bits per heavy atom. The van der Waals surface area contributed by atoms with Gasteiger partial charge in [-0.2, -0.15) is 6.07 Å². The molecule has 3 aromatic rings.